The van der Waals surface area contributed by atoms with E-state index in [2.05, 4.69) is 21.4 Å². The summed E-state index contributed by atoms with van der Waals surface area (Å²) in [5.74, 6) is -0.106. The average Bonchev–Trinajstić information content (AvgIpc) is 2.49. The summed E-state index contributed by atoms with van der Waals surface area (Å²) in [6.07, 6.45) is 8.19. The molecule has 5 heteroatoms. The Morgan fingerprint density at radius 3 is 2.15 bits per heavy atom. The van der Waals surface area contributed by atoms with Gasteiger partial charge in [-0.2, -0.15) is 0 Å². The first-order valence-corrected chi connectivity index (χ1v) is 7.01. The zero-order chi connectivity index (χ0) is 15.6. The molecule has 118 valence electrons. The van der Waals surface area contributed by atoms with E-state index in [0.717, 1.165) is 44.9 Å². The summed E-state index contributed by atoms with van der Waals surface area (Å²) in [7, 11) is 3.21. The number of rotatable bonds is 11. The quantitative estimate of drug-likeness (QED) is 0.274. The van der Waals surface area contributed by atoms with Gasteiger partial charge in [0.25, 0.3) is 0 Å². The molecule has 0 bridgehead atoms. The Bertz CT molecular complexity index is 240. The molecule has 0 atom stereocenters. The third-order valence-electron chi connectivity index (χ3n) is 2.65. The first-order valence-electron chi connectivity index (χ1n) is 7.01. The summed E-state index contributed by atoms with van der Waals surface area (Å²) >= 11 is 0. The summed E-state index contributed by atoms with van der Waals surface area (Å²) < 4.78 is 9.35. The summed E-state index contributed by atoms with van der Waals surface area (Å²) in [6.45, 7) is 5.92. The number of ether oxygens (including phenoxy) is 2. The van der Waals surface area contributed by atoms with Gasteiger partial charge >= 0.3 is 0 Å². The maximum Gasteiger partial charge on any atom is 0.243 e. The first kappa shape index (κ1) is 21.1. The predicted octanol–water partition coefficient (Wildman–Crippen LogP) is 2.45. The number of hydrogen-bond donors (Lipinski definition) is 1. The molecule has 0 aromatic rings. The summed E-state index contributed by atoms with van der Waals surface area (Å²) in [5, 5.41) is 2.72. The number of carbonyl (C=O) groups is 2. The lowest BCUT2D eigenvalue weighted by atomic mass is 10.1. The molecule has 0 aromatic heterocycles. The summed E-state index contributed by atoms with van der Waals surface area (Å²) in [6, 6.07) is 0. The van der Waals surface area contributed by atoms with Gasteiger partial charge in [0, 0.05) is 27.2 Å². The number of nitrogens with one attached hydrogen (secondary N) is 1. The van der Waals surface area contributed by atoms with Crippen molar-refractivity contribution in [2.24, 2.45) is 0 Å². The molecule has 0 heterocycles. The van der Waals surface area contributed by atoms with Crippen LogP contribution in [0.15, 0.2) is 12.7 Å². The van der Waals surface area contributed by atoms with E-state index in [1.54, 1.807) is 14.2 Å². The van der Waals surface area contributed by atoms with E-state index in [1.165, 1.54) is 6.08 Å². The number of carbonyl (C=O) groups excluding carboxylic acids is 2. The second-order valence-corrected chi connectivity index (χ2v) is 4.26. The van der Waals surface area contributed by atoms with Crippen LogP contribution in [0, 0.1) is 0 Å². The van der Waals surface area contributed by atoms with Crippen LogP contribution < -0.4 is 5.32 Å². The van der Waals surface area contributed by atoms with Crippen LogP contribution in [0.5, 0.6) is 0 Å². The minimum atomic E-state index is -0.106. The highest BCUT2D eigenvalue weighted by Gasteiger charge is 1.93. The highest BCUT2D eigenvalue weighted by molar-refractivity contribution is 5.86. The number of unbranched alkanes of at least 4 members (excludes halogenated alkanes) is 5. The Labute approximate surface area is 122 Å². The lowest BCUT2D eigenvalue weighted by molar-refractivity contribution is -0.116. The van der Waals surface area contributed by atoms with Crippen molar-refractivity contribution in [2.45, 2.75) is 51.7 Å². The van der Waals surface area contributed by atoms with Gasteiger partial charge in [0.05, 0.1) is 0 Å². The standard InChI is InChI=1S/C11H19NO2.C4H10O2/c1-2-11(14)12-9-7-5-3-4-6-8-10-13;1-4(5-2)6-3/h2,10H,1,3-9H2,(H,12,14);4H,1-3H3. The maximum atomic E-state index is 10.7. The minimum absolute atomic E-state index is 0.0648. The first-order chi connectivity index (χ1) is 9.62. The highest BCUT2D eigenvalue weighted by Crippen LogP contribution is 2.03. The van der Waals surface area contributed by atoms with Gasteiger partial charge in [-0.3, -0.25) is 4.79 Å². The van der Waals surface area contributed by atoms with Crippen molar-refractivity contribution in [1.82, 2.24) is 5.32 Å². The SMILES string of the molecule is C=CC(=O)NCCCCCCCC=O.COC(C)OC. The second kappa shape index (κ2) is 17.8. The van der Waals surface area contributed by atoms with Gasteiger partial charge in [-0.25, -0.2) is 0 Å². The van der Waals surface area contributed by atoms with E-state index in [9.17, 15) is 9.59 Å². The normalized spacial score (nSPS) is 9.60. The van der Waals surface area contributed by atoms with E-state index in [0.29, 0.717) is 6.42 Å². The highest BCUT2D eigenvalue weighted by atomic mass is 16.7. The number of methoxy groups -OCH3 is 2. The molecule has 0 saturated heterocycles. The van der Waals surface area contributed by atoms with Crippen molar-refractivity contribution in [3.8, 4) is 0 Å². The monoisotopic (exact) mass is 287 g/mol. The van der Waals surface area contributed by atoms with Gasteiger partial charge in [-0.1, -0.05) is 25.8 Å². The smallest absolute Gasteiger partial charge is 0.243 e. The molecule has 0 spiro atoms. The third-order valence-corrected chi connectivity index (χ3v) is 2.65. The van der Waals surface area contributed by atoms with Gasteiger partial charge in [-0.15, -0.1) is 0 Å². The molecule has 0 aliphatic carbocycles. The van der Waals surface area contributed by atoms with Gasteiger partial charge in [0.1, 0.15) is 6.29 Å². The van der Waals surface area contributed by atoms with Gasteiger partial charge in [-0.05, 0) is 25.8 Å². The van der Waals surface area contributed by atoms with E-state index < -0.39 is 0 Å². The number of aldehydes is 1. The minimum Gasteiger partial charge on any atom is -0.356 e. The van der Waals surface area contributed by atoms with Crippen LogP contribution in [0.25, 0.3) is 0 Å². The van der Waals surface area contributed by atoms with E-state index >= 15 is 0 Å². The average molecular weight is 287 g/mol. The second-order valence-electron chi connectivity index (χ2n) is 4.26. The molecule has 0 aromatic carbocycles. The van der Waals surface area contributed by atoms with E-state index in [-0.39, 0.29) is 12.2 Å². The molecule has 1 N–H and O–H groups in total. The maximum absolute atomic E-state index is 10.7. The molecule has 5 nitrogen and oxygen atoms in total. The summed E-state index contributed by atoms with van der Waals surface area (Å²) in [4.78, 5) is 20.7. The van der Waals surface area contributed by atoms with Crippen molar-refractivity contribution in [2.75, 3.05) is 20.8 Å². The fourth-order valence-electron chi connectivity index (χ4n) is 1.26. The zero-order valence-corrected chi connectivity index (χ0v) is 13.0. The third kappa shape index (κ3) is 19.1. The number of hydrogen-bond acceptors (Lipinski definition) is 4. The molecule has 0 radical (unpaired) electrons. The van der Waals surface area contributed by atoms with Gasteiger partial charge in [0.2, 0.25) is 5.91 Å². The molecule has 0 saturated carbocycles. The number of amides is 1. The molecule has 20 heavy (non-hydrogen) atoms. The fourth-order valence-corrected chi connectivity index (χ4v) is 1.26. The van der Waals surface area contributed by atoms with Crippen LogP contribution in [-0.2, 0) is 19.1 Å². The Hall–Kier alpha value is -1.20. The van der Waals surface area contributed by atoms with Gasteiger partial charge in [0.15, 0.2) is 6.29 Å². The van der Waals surface area contributed by atoms with Gasteiger partial charge < -0.3 is 19.6 Å². The van der Waals surface area contributed by atoms with Crippen molar-refractivity contribution >= 4 is 12.2 Å². The summed E-state index contributed by atoms with van der Waals surface area (Å²) in [5.41, 5.74) is 0. The van der Waals surface area contributed by atoms with Crippen LogP contribution in [0.1, 0.15) is 45.4 Å². The van der Waals surface area contributed by atoms with Crippen LogP contribution in [-0.4, -0.2) is 39.2 Å². The van der Waals surface area contributed by atoms with Crippen molar-refractivity contribution in [3.05, 3.63) is 12.7 Å². The van der Waals surface area contributed by atoms with Crippen molar-refractivity contribution in [3.63, 3.8) is 0 Å². The molecule has 0 rings (SSSR count). The lowest BCUT2D eigenvalue weighted by Gasteiger charge is -2.03. The molecule has 0 aliphatic heterocycles. The van der Waals surface area contributed by atoms with Crippen LogP contribution in [0.3, 0.4) is 0 Å². The lowest BCUT2D eigenvalue weighted by Crippen LogP contribution is -2.21. The fraction of sp³-hybridized carbons (Fsp3) is 0.733. The topological polar surface area (TPSA) is 64.6 Å². The van der Waals surface area contributed by atoms with E-state index in [1.807, 2.05) is 6.92 Å². The molecule has 0 unspecified atom stereocenters. The Kier molecular flexibility index (Phi) is 18.8. The molecular weight excluding hydrogens is 258 g/mol. The predicted molar refractivity (Wildman–Crippen MR) is 80.5 cm³/mol. The zero-order valence-electron chi connectivity index (χ0n) is 13.0. The molecule has 0 aliphatic rings. The van der Waals surface area contributed by atoms with E-state index in [4.69, 9.17) is 0 Å². The van der Waals surface area contributed by atoms with Crippen LogP contribution in [0.4, 0.5) is 0 Å². The Balaban J connectivity index is 0. The van der Waals surface area contributed by atoms with Crippen LogP contribution in [0.2, 0.25) is 0 Å². The van der Waals surface area contributed by atoms with Crippen LogP contribution >= 0.6 is 0 Å². The van der Waals surface area contributed by atoms with Crippen molar-refractivity contribution in [1.29, 1.82) is 0 Å². The molecular formula is C15H29NO4. The molecule has 0 fully saturated rings. The largest absolute Gasteiger partial charge is 0.356 e. The van der Waals surface area contributed by atoms with Crippen molar-refractivity contribution < 1.29 is 19.1 Å². The molecule has 1 amide bonds. The Morgan fingerprint density at radius 2 is 1.70 bits per heavy atom. The Morgan fingerprint density at radius 1 is 1.15 bits per heavy atom.